The van der Waals surface area contributed by atoms with E-state index in [0.29, 0.717) is 0 Å². The van der Waals surface area contributed by atoms with Crippen molar-refractivity contribution in [2.24, 2.45) is 0 Å². The Kier molecular flexibility index (Phi) is 4.16. The Balaban J connectivity index is 1.41. The predicted molar refractivity (Wildman–Crippen MR) is 139 cm³/mol. The Bertz CT molecular complexity index is 1620. The zero-order chi connectivity index (χ0) is 22.5. The van der Waals surface area contributed by atoms with Gasteiger partial charge in [-0.1, -0.05) is 91.0 Å². The lowest BCUT2D eigenvalue weighted by molar-refractivity contribution is -0.0426. The summed E-state index contributed by atoms with van der Waals surface area (Å²) in [5, 5.41) is 4.77. The zero-order valence-electron chi connectivity index (χ0n) is 18.6. The first-order chi connectivity index (χ1) is 16.8. The summed E-state index contributed by atoms with van der Waals surface area (Å²) in [6.07, 6.45) is 7.24. The molecule has 0 aromatic heterocycles. The molecular weight excluding hydrogens is 416 g/mol. The summed E-state index contributed by atoms with van der Waals surface area (Å²) in [4.78, 5) is 0. The maximum Gasteiger partial charge on any atom is 0.295 e. The number of rotatable bonds is 2. The molecule has 0 saturated carbocycles. The summed E-state index contributed by atoms with van der Waals surface area (Å²) < 4.78 is 13.5. The van der Waals surface area contributed by atoms with Gasteiger partial charge in [0, 0.05) is 29.2 Å². The second-order valence-corrected chi connectivity index (χ2v) is 8.93. The first-order valence-corrected chi connectivity index (χ1v) is 11.6. The normalized spacial score (nSPS) is 18.2. The molecule has 5 aromatic rings. The Hall–Kier alpha value is -4.30. The number of benzene rings is 5. The van der Waals surface area contributed by atoms with Crippen LogP contribution in [0.2, 0.25) is 0 Å². The molecule has 2 aliphatic rings. The van der Waals surface area contributed by atoms with Gasteiger partial charge in [0.05, 0.1) is 0 Å². The lowest BCUT2D eigenvalue weighted by Gasteiger charge is -2.40. The van der Waals surface area contributed by atoms with Gasteiger partial charge in [-0.25, -0.2) is 0 Å². The molecule has 0 radical (unpaired) electrons. The summed E-state index contributed by atoms with van der Waals surface area (Å²) in [5.41, 5.74) is 4.51. The minimum Gasteiger partial charge on any atom is -0.444 e. The topological polar surface area (TPSA) is 18.5 Å². The molecule has 5 aromatic carbocycles. The van der Waals surface area contributed by atoms with Crippen LogP contribution in [-0.2, 0) is 6.42 Å². The molecule has 34 heavy (non-hydrogen) atoms. The van der Waals surface area contributed by atoms with Crippen molar-refractivity contribution in [3.8, 4) is 11.5 Å². The predicted octanol–water partition coefficient (Wildman–Crippen LogP) is 7.81. The molecule has 2 heteroatoms. The van der Waals surface area contributed by atoms with Crippen molar-refractivity contribution in [1.82, 2.24) is 0 Å². The molecule has 7 rings (SSSR count). The van der Waals surface area contributed by atoms with Crippen LogP contribution in [0.3, 0.4) is 0 Å². The van der Waals surface area contributed by atoms with E-state index in [1.54, 1.807) is 0 Å². The van der Waals surface area contributed by atoms with Crippen LogP contribution in [0, 0.1) is 0 Å². The molecule has 2 nitrogen and oxygen atoms in total. The molecule has 1 spiro atoms. The number of ether oxygens (including phenoxy) is 2. The Morgan fingerprint density at radius 2 is 1.15 bits per heavy atom. The van der Waals surface area contributed by atoms with E-state index in [2.05, 4.69) is 115 Å². The standard InChI is InChI=1S/C32H22O2/c1-2-8-22(9-3-1)20-25-21-29-27-13-7-5-11-24(27)15-17-31(29)34-32(25)19-18-28-26-12-6-4-10-23(26)14-16-30(28)33-32/h1-19,21H,20H2/t32-/m1/s1. The largest absolute Gasteiger partial charge is 0.444 e. The van der Waals surface area contributed by atoms with Crippen LogP contribution in [-0.4, -0.2) is 5.79 Å². The van der Waals surface area contributed by atoms with Gasteiger partial charge in [-0.05, 0) is 51.4 Å². The van der Waals surface area contributed by atoms with E-state index in [1.165, 1.54) is 27.1 Å². The number of hydrogen-bond acceptors (Lipinski definition) is 2. The van der Waals surface area contributed by atoms with Crippen LogP contribution in [0.15, 0.2) is 115 Å². The maximum atomic E-state index is 6.74. The van der Waals surface area contributed by atoms with E-state index in [0.717, 1.165) is 34.6 Å². The molecular formula is C32H22O2. The van der Waals surface area contributed by atoms with Crippen molar-refractivity contribution >= 4 is 33.7 Å². The van der Waals surface area contributed by atoms with Crippen LogP contribution in [0.5, 0.6) is 11.5 Å². The highest BCUT2D eigenvalue weighted by Crippen LogP contribution is 2.46. The van der Waals surface area contributed by atoms with Crippen LogP contribution >= 0.6 is 0 Å². The van der Waals surface area contributed by atoms with E-state index in [-0.39, 0.29) is 0 Å². The highest BCUT2D eigenvalue weighted by Gasteiger charge is 2.42. The SMILES string of the molecule is C1=C[C@@]2(Oc3ccc4ccccc4c31)Oc1ccc3ccccc3c1C=C2Cc1ccccc1. The van der Waals surface area contributed by atoms with Gasteiger partial charge < -0.3 is 9.47 Å². The third-order valence-corrected chi connectivity index (χ3v) is 6.86. The van der Waals surface area contributed by atoms with Crippen molar-refractivity contribution in [2.45, 2.75) is 12.2 Å². The molecule has 0 aliphatic carbocycles. The zero-order valence-corrected chi connectivity index (χ0v) is 18.6. The lowest BCUT2D eigenvalue weighted by Crippen LogP contribution is -2.46. The van der Waals surface area contributed by atoms with Crippen molar-refractivity contribution in [3.05, 3.63) is 131 Å². The van der Waals surface area contributed by atoms with Gasteiger partial charge in [0.2, 0.25) is 0 Å². The van der Waals surface area contributed by atoms with Crippen LogP contribution in [0.4, 0.5) is 0 Å². The quantitative estimate of drug-likeness (QED) is 0.280. The monoisotopic (exact) mass is 438 g/mol. The molecule has 0 saturated heterocycles. The average Bonchev–Trinajstić information content (AvgIpc) is 2.89. The molecule has 0 bridgehead atoms. The third-order valence-electron chi connectivity index (χ3n) is 6.86. The molecule has 0 N–H and O–H groups in total. The second-order valence-electron chi connectivity index (χ2n) is 8.93. The smallest absolute Gasteiger partial charge is 0.295 e. The summed E-state index contributed by atoms with van der Waals surface area (Å²) >= 11 is 0. The van der Waals surface area contributed by atoms with Gasteiger partial charge in [-0.2, -0.15) is 0 Å². The molecule has 2 aliphatic heterocycles. The summed E-state index contributed by atoms with van der Waals surface area (Å²) in [6.45, 7) is 0. The third kappa shape index (κ3) is 2.96. The lowest BCUT2D eigenvalue weighted by atomic mass is 9.88. The first kappa shape index (κ1) is 19.2. The van der Waals surface area contributed by atoms with Gasteiger partial charge in [0.1, 0.15) is 11.5 Å². The minimum absolute atomic E-state index is 0.733. The Morgan fingerprint density at radius 1 is 0.559 bits per heavy atom. The van der Waals surface area contributed by atoms with Crippen molar-refractivity contribution in [3.63, 3.8) is 0 Å². The van der Waals surface area contributed by atoms with Crippen LogP contribution in [0.25, 0.3) is 33.7 Å². The number of fused-ring (bicyclic) bond motifs is 6. The van der Waals surface area contributed by atoms with Crippen LogP contribution in [0.1, 0.15) is 16.7 Å². The highest BCUT2D eigenvalue weighted by molar-refractivity contribution is 5.96. The molecule has 0 unspecified atom stereocenters. The first-order valence-electron chi connectivity index (χ1n) is 11.6. The van der Waals surface area contributed by atoms with Gasteiger partial charge in [0.25, 0.3) is 5.79 Å². The average molecular weight is 439 g/mol. The molecule has 0 amide bonds. The van der Waals surface area contributed by atoms with E-state index in [9.17, 15) is 0 Å². The fourth-order valence-electron chi connectivity index (χ4n) is 5.16. The highest BCUT2D eigenvalue weighted by atomic mass is 16.7. The number of hydrogen-bond donors (Lipinski definition) is 0. The van der Waals surface area contributed by atoms with Gasteiger partial charge in [-0.15, -0.1) is 0 Å². The Labute approximate surface area is 198 Å². The molecule has 0 fully saturated rings. The van der Waals surface area contributed by atoms with E-state index in [1.807, 2.05) is 6.07 Å². The van der Waals surface area contributed by atoms with Crippen molar-refractivity contribution < 1.29 is 9.47 Å². The van der Waals surface area contributed by atoms with Gasteiger partial charge in [-0.3, -0.25) is 0 Å². The van der Waals surface area contributed by atoms with E-state index < -0.39 is 5.79 Å². The fourth-order valence-corrected chi connectivity index (χ4v) is 5.16. The molecule has 162 valence electrons. The fraction of sp³-hybridized carbons (Fsp3) is 0.0625. The van der Waals surface area contributed by atoms with Gasteiger partial charge in [0.15, 0.2) is 0 Å². The maximum absolute atomic E-state index is 6.74. The second kappa shape index (κ2) is 7.36. The van der Waals surface area contributed by atoms with Crippen molar-refractivity contribution in [2.75, 3.05) is 0 Å². The van der Waals surface area contributed by atoms with E-state index >= 15 is 0 Å². The van der Waals surface area contributed by atoms with Gasteiger partial charge >= 0.3 is 0 Å². The van der Waals surface area contributed by atoms with Crippen LogP contribution < -0.4 is 9.47 Å². The summed E-state index contributed by atoms with van der Waals surface area (Å²) in [6, 6.07) is 35.7. The summed E-state index contributed by atoms with van der Waals surface area (Å²) in [5.74, 6) is 0.689. The van der Waals surface area contributed by atoms with Crippen molar-refractivity contribution in [1.29, 1.82) is 0 Å². The minimum atomic E-state index is -0.985. The van der Waals surface area contributed by atoms with E-state index in [4.69, 9.17) is 9.47 Å². The molecule has 1 atom stereocenters. The Morgan fingerprint density at radius 3 is 1.85 bits per heavy atom. The molecule has 2 heterocycles. The summed E-state index contributed by atoms with van der Waals surface area (Å²) in [7, 11) is 0.